The van der Waals surface area contributed by atoms with E-state index in [4.69, 9.17) is 15.5 Å². The number of benzene rings is 2. The highest BCUT2D eigenvalue weighted by Crippen LogP contribution is 2.55. The maximum Gasteiger partial charge on any atom is 0.227 e. The van der Waals surface area contributed by atoms with Crippen LogP contribution in [-0.2, 0) is 0 Å². The zero-order valence-corrected chi connectivity index (χ0v) is 20.1. The second-order valence-corrected chi connectivity index (χ2v) is 9.64. The van der Waals surface area contributed by atoms with Crippen molar-refractivity contribution in [3.8, 4) is 0 Å². The summed E-state index contributed by atoms with van der Waals surface area (Å²) in [5.74, 6) is 1.64. The van der Waals surface area contributed by atoms with Crippen LogP contribution in [0, 0.1) is 11.4 Å². The molecule has 178 valence electrons. The number of fused-ring (bicyclic) bond motifs is 3. The smallest absolute Gasteiger partial charge is 0.227 e. The molecule has 0 radical (unpaired) electrons. The van der Waals surface area contributed by atoms with Crippen molar-refractivity contribution in [2.45, 2.75) is 12.3 Å². The third-order valence-corrected chi connectivity index (χ3v) is 7.35. The summed E-state index contributed by atoms with van der Waals surface area (Å²) < 4.78 is 0. The van der Waals surface area contributed by atoms with Gasteiger partial charge in [0.2, 0.25) is 5.95 Å². The van der Waals surface area contributed by atoms with Gasteiger partial charge in [0.05, 0.1) is 11.4 Å². The summed E-state index contributed by atoms with van der Waals surface area (Å²) in [6.07, 6.45) is 5.44. The first-order valence-electron chi connectivity index (χ1n) is 12.2. The van der Waals surface area contributed by atoms with Gasteiger partial charge in [-0.2, -0.15) is 5.11 Å². The molecule has 0 amide bonds. The highest BCUT2D eigenvalue weighted by atomic mass is 15.2. The molecular weight excluding hydrogens is 436 g/mol. The van der Waals surface area contributed by atoms with E-state index in [-0.39, 0.29) is 0 Å². The van der Waals surface area contributed by atoms with Crippen LogP contribution in [0.2, 0.25) is 0 Å². The normalized spacial score (nSPS) is 21.0. The summed E-state index contributed by atoms with van der Waals surface area (Å²) in [6, 6.07) is 14.5. The Kier molecular flexibility index (Phi) is 5.45. The molecule has 6 rings (SSSR count). The van der Waals surface area contributed by atoms with E-state index in [1.54, 1.807) is 0 Å². The van der Waals surface area contributed by atoms with Crippen LogP contribution in [0.4, 0.5) is 28.7 Å². The van der Waals surface area contributed by atoms with Gasteiger partial charge in [-0.15, -0.1) is 0 Å². The van der Waals surface area contributed by atoms with Gasteiger partial charge in [0.15, 0.2) is 0 Å². The van der Waals surface area contributed by atoms with E-state index in [0.29, 0.717) is 23.5 Å². The largest absolute Gasteiger partial charge is 0.386 e. The fourth-order valence-electron chi connectivity index (χ4n) is 5.19. The molecule has 3 aromatic rings. The average Bonchev–Trinajstić information content (AvgIpc) is 3.68. The van der Waals surface area contributed by atoms with Crippen molar-refractivity contribution in [3.05, 3.63) is 71.6 Å². The zero-order valence-electron chi connectivity index (χ0n) is 20.1. The average molecular weight is 467 g/mol. The molecule has 8 heteroatoms. The van der Waals surface area contributed by atoms with Gasteiger partial charge >= 0.3 is 0 Å². The van der Waals surface area contributed by atoms with Crippen molar-refractivity contribution < 1.29 is 0 Å². The fraction of sp³-hybridized carbons (Fsp3) is 0.333. The van der Waals surface area contributed by atoms with E-state index in [0.717, 1.165) is 66.4 Å². The fourth-order valence-corrected chi connectivity index (χ4v) is 5.19. The third kappa shape index (κ3) is 4.14. The molecule has 1 unspecified atom stereocenters. The molecular formula is C27H30N8. The maximum atomic E-state index is 7.39. The number of rotatable bonds is 6. The Labute approximate surface area is 205 Å². The molecule has 2 atom stereocenters. The molecule has 2 fully saturated rings. The molecule has 2 heterocycles. The van der Waals surface area contributed by atoms with E-state index in [9.17, 15) is 0 Å². The number of hydrogen-bond acceptors (Lipinski definition) is 8. The van der Waals surface area contributed by atoms with Crippen molar-refractivity contribution in [2.24, 2.45) is 11.0 Å². The minimum absolute atomic E-state index is 0.472. The Morgan fingerprint density at radius 1 is 1.09 bits per heavy atom. The van der Waals surface area contributed by atoms with E-state index in [1.165, 1.54) is 5.69 Å². The van der Waals surface area contributed by atoms with Crippen molar-refractivity contribution >= 4 is 34.3 Å². The lowest BCUT2D eigenvalue weighted by molar-refractivity contribution is 0.313. The lowest BCUT2D eigenvalue weighted by atomic mass is 9.90. The molecule has 2 aromatic carbocycles. The lowest BCUT2D eigenvalue weighted by Crippen LogP contribution is -2.44. The summed E-state index contributed by atoms with van der Waals surface area (Å²) in [6.45, 7) is 4.25. The Morgan fingerprint density at radius 2 is 1.94 bits per heavy atom. The monoisotopic (exact) mass is 466 g/mol. The Balaban J connectivity index is 1.27. The predicted octanol–water partition coefficient (Wildman–Crippen LogP) is 5.22. The number of anilines is 4. The van der Waals surface area contributed by atoms with Crippen LogP contribution in [-0.4, -0.2) is 55.1 Å². The summed E-state index contributed by atoms with van der Waals surface area (Å²) in [5, 5.41) is 10.2. The molecule has 0 bridgehead atoms. The summed E-state index contributed by atoms with van der Waals surface area (Å²) in [5.41, 5.74) is 15.6. The summed E-state index contributed by atoms with van der Waals surface area (Å²) in [7, 11) is 4.03. The minimum Gasteiger partial charge on any atom is -0.386 e. The van der Waals surface area contributed by atoms with Crippen LogP contribution in [0.25, 0.3) is 5.57 Å². The Bertz CT molecular complexity index is 1310. The lowest BCUT2D eigenvalue weighted by Gasteiger charge is -2.34. The van der Waals surface area contributed by atoms with Gasteiger partial charge in [0, 0.05) is 62.3 Å². The van der Waals surface area contributed by atoms with Gasteiger partial charge in [-0.05, 0) is 60.9 Å². The van der Waals surface area contributed by atoms with Crippen LogP contribution < -0.4 is 15.5 Å². The van der Waals surface area contributed by atoms with Gasteiger partial charge in [-0.1, -0.05) is 18.2 Å². The number of piperazine rings is 1. The molecule has 1 saturated carbocycles. The Morgan fingerprint density at radius 3 is 2.74 bits per heavy atom. The molecule has 0 spiro atoms. The van der Waals surface area contributed by atoms with Crippen molar-refractivity contribution in [3.63, 3.8) is 0 Å². The highest BCUT2D eigenvalue weighted by Gasteiger charge is 2.43. The van der Waals surface area contributed by atoms with Crippen molar-refractivity contribution in [1.29, 1.82) is 5.53 Å². The van der Waals surface area contributed by atoms with Crippen LogP contribution in [0.5, 0.6) is 0 Å². The number of likely N-dealkylation sites (N-methyl/N-ethyl adjacent to an activating group) is 1. The topological polar surface area (TPSA) is 92.5 Å². The first-order chi connectivity index (χ1) is 17.1. The third-order valence-electron chi connectivity index (χ3n) is 7.35. The zero-order chi connectivity index (χ0) is 23.9. The summed E-state index contributed by atoms with van der Waals surface area (Å²) in [4.78, 5) is 14.5. The predicted molar refractivity (Wildman–Crippen MR) is 140 cm³/mol. The maximum absolute atomic E-state index is 7.39. The minimum atomic E-state index is 0.472. The molecule has 35 heavy (non-hydrogen) atoms. The van der Waals surface area contributed by atoms with E-state index in [2.05, 4.69) is 69.0 Å². The number of hydrogen-bond donors (Lipinski definition) is 3. The highest BCUT2D eigenvalue weighted by molar-refractivity contribution is 5.86. The van der Waals surface area contributed by atoms with Gasteiger partial charge in [0.1, 0.15) is 5.69 Å². The second-order valence-electron chi connectivity index (χ2n) is 9.64. The first kappa shape index (κ1) is 21.7. The van der Waals surface area contributed by atoms with Gasteiger partial charge in [0.25, 0.3) is 0 Å². The van der Waals surface area contributed by atoms with E-state index < -0.39 is 0 Å². The van der Waals surface area contributed by atoms with Crippen molar-refractivity contribution in [1.82, 2.24) is 14.9 Å². The van der Waals surface area contributed by atoms with E-state index in [1.807, 2.05) is 25.4 Å². The SMILES string of the molecule is CNc1cc(C2=C[C@H]3CC3c3nc(Nc4cccc(N5CCN(C)CC5)c4)ncc32)ccc1N=N. The van der Waals surface area contributed by atoms with Gasteiger partial charge < -0.3 is 20.4 Å². The van der Waals surface area contributed by atoms with Gasteiger partial charge in [-0.25, -0.2) is 15.5 Å². The first-order valence-corrected chi connectivity index (χ1v) is 12.2. The van der Waals surface area contributed by atoms with Crippen LogP contribution >= 0.6 is 0 Å². The summed E-state index contributed by atoms with van der Waals surface area (Å²) >= 11 is 0. The standard InChI is InChI=1S/C27H30N8/c1-29-25-14-17(6-7-24(25)33-28)21-12-18-13-22(18)26-23(21)16-30-27(32-26)31-19-4-3-5-20(15-19)35-10-8-34(2)9-11-35/h3-7,12,14-16,18,22,28-29H,8-11,13H2,1-2H3,(H,30,31,32)/t18-,22?/m0/s1. The number of aromatic nitrogens is 2. The molecule has 2 aliphatic carbocycles. The molecule has 1 aliphatic heterocycles. The second kappa shape index (κ2) is 8.78. The van der Waals surface area contributed by atoms with Gasteiger partial charge in [-0.3, -0.25) is 0 Å². The molecule has 1 aromatic heterocycles. The number of nitrogens with one attached hydrogen (secondary N) is 3. The van der Waals surface area contributed by atoms with Crippen LogP contribution in [0.15, 0.2) is 59.9 Å². The molecule has 8 nitrogen and oxygen atoms in total. The quantitative estimate of drug-likeness (QED) is 0.431. The van der Waals surface area contributed by atoms with Crippen molar-refractivity contribution in [2.75, 3.05) is 55.8 Å². The molecule has 3 aliphatic rings. The van der Waals surface area contributed by atoms with Crippen LogP contribution in [0.1, 0.15) is 29.2 Å². The Hall–Kier alpha value is -3.78. The number of nitrogens with zero attached hydrogens (tertiary/aromatic N) is 5. The van der Waals surface area contributed by atoms with E-state index >= 15 is 0 Å². The molecule has 3 N–H and O–H groups in total. The number of allylic oxidation sites excluding steroid dienone is 1. The molecule has 1 saturated heterocycles. The van der Waals surface area contributed by atoms with Crippen LogP contribution in [0.3, 0.4) is 0 Å².